The van der Waals surface area contributed by atoms with Crippen LogP contribution in [0.15, 0.2) is 71.9 Å². The van der Waals surface area contributed by atoms with Gasteiger partial charge in [-0.3, -0.25) is 4.79 Å². The minimum atomic E-state index is -4.59. The van der Waals surface area contributed by atoms with Crippen LogP contribution in [0.4, 0.5) is 26.3 Å². The Bertz CT molecular complexity index is 1340. The SMILES string of the molecule is Cc1ccccc1/C(=N\O)C(=O)c1ccc2c(c1)C(CCC(F)(F)F)(CCC(F)(F)F)c1ccccc1-2. The van der Waals surface area contributed by atoms with Crippen molar-refractivity contribution in [2.45, 2.75) is 50.4 Å². The number of aryl methyl sites for hydroxylation is 1. The Morgan fingerprint density at radius 3 is 1.97 bits per heavy atom. The lowest BCUT2D eigenvalue weighted by Gasteiger charge is -2.33. The molecule has 0 bridgehead atoms. The van der Waals surface area contributed by atoms with Crippen molar-refractivity contribution < 1.29 is 36.3 Å². The van der Waals surface area contributed by atoms with Crippen molar-refractivity contribution in [1.82, 2.24) is 0 Å². The topological polar surface area (TPSA) is 49.7 Å². The number of carbonyl (C=O) groups excluding carboxylic acids is 1. The van der Waals surface area contributed by atoms with E-state index in [-0.39, 0.29) is 16.8 Å². The average molecular weight is 519 g/mol. The first kappa shape index (κ1) is 26.4. The van der Waals surface area contributed by atoms with E-state index in [1.54, 1.807) is 55.5 Å². The van der Waals surface area contributed by atoms with Crippen molar-refractivity contribution in [3.8, 4) is 11.1 Å². The summed E-state index contributed by atoms with van der Waals surface area (Å²) in [5.74, 6) is -0.698. The molecule has 0 aliphatic heterocycles. The van der Waals surface area contributed by atoms with Gasteiger partial charge in [-0.15, -0.1) is 0 Å². The molecular formula is C28H23F6NO2. The second kappa shape index (κ2) is 9.68. The molecule has 4 rings (SSSR count). The fourth-order valence-corrected chi connectivity index (χ4v) is 5.17. The third-order valence-electron chi connectivity index (χ3n) is 6.92. The van der Waals surface area contributed by atoms with Crippen molar-refractivity contribution in [2.75, 3.05) is 0 Å². The average Bonchev–Trinajstić information content (AvgIpc) is 3.12. The summed E-state index contributed by atoms with van der Waals surface area (Å²) in [7, 11) is 0. The quantitative estimate of drug-likeness (QED) is 0.113. The summed E-state index contributed by atoms with van der Waals surface area (Å²) in [5, 5.41) is 12.8. The highest BCUT2D eigenvalue weighted by atomic mass is 19.4. The van der Waals surface area contributed by atoms with Gasteiger partial charge in [-0.25, -0.2) is 0 Å². The summed E-state index contributed by atoms with van der Waals surface area (Å²) in [6.07, 6.45) is -13.0. The van der Waals surface area contributed by atoms with Crippen molar-refractivity contribution >= 4 is 11.5 Å². The van der Waals surface area contributed by atoms with Gasteiger partial charge < -0.3 is 5.21 Å². The number of hydrogen-bond acceptors (Lipinski definition) is 3. The number of Topliss-reactive ketones (excluding diaryl/α,β-unsaturated/α-hetero) is 1. The summed E-state index contributed by atoms with van der Waals surface area (Å²) in [4.78, 5) is 13.4. The van der Waals surface area contributed by atoms with Gasteiger partial charge >= 0.3 is 12.4 Å². The van der Waals surface area contributed by atoms with E-state index in [0.717, 1.165) is 0 Å². The number of halogens is 6. The molecule has 194 valence electrons. The molecule has 3 nitrogen and oxygen atoms in total. The van der Waals surface area contributed by atoms with Crippen LogP contribution in [0.25, 0.3) is 11.1 Å². The number of rotatable bonds is 7. The first-order valence-electron chi connectivity index (χ1n) is 11.6. The van der Waals surface area contributed by atoms with Gasteiger partial charge in [0.25, 0.3) is 0 Å². The molecule has 0 heterocycles. The molecule has 3 aromatic rings. The number of fused-ring (bicyclic) bond motifs is 3. The van der Waals surface area contributed by atoms with Crippen molar-refractivity contribution in [3.63, 3.8) is 0 Å². The van der Waals surface area contributed by atoms with Crippen LogP contribution < -0.4 is 0 Å². The molecule has 0 aromatic heterocycles. The van der Waals surface area contributed by atoms with Gasteiger partial charge in [0.2, 0.25) is 5.78 Å². The lowest BCUT2D eigenvalue weighted by molar-refractivity contribution is -0.143. The monoisotopic (exact) mass is 519 g/mol. The van der Waals surface area contributed by atoms with Crippen LogP contribution in [0.3, 0.4) is 0 Å². The maximum absolute atomic E-state index is 13.4. The number of hydrogen-bond donors (Lipinski definition) is 1. The minimum absolute atomic E-state index is 0.00556. The first-order chi connectivity index (χ1) is 17.4. The number of alkyl halides is 6. The molecule has 0 unspecified atom stereocenters. The van der Waals surface area contributed by atoms with Gasteiger partial charge in [0.05, 0.1) is 0 Å². The maximum atomic E-state index is 13.4. The number of ketones is 1. The molecule has 0 fully saturated rings. The van der Waals surface area contributed by atoms with Crippen molar-refractivity contribution in [3.05, 3.63) is 94.5 Å². The number of carbonyl (C=O) groups is 1. The molecule has 37 heavy (non-hydrogen) atoms. The van der Waals surface area contributed by atoms with E-state index in [0.29, 0.717) is 27.8 Å². The zero-order valence-corrected chi connectivity index (χ0v) is 19.7. The van der Waals surface area contributed by atoms with Gasteiger partial charge in [0.1, 0.15) is 0 Å². The Morgan fingerprint density at radius 1 is 0.811 bits per heavy atom. The third kappa shape index (κ3) is 5.26. The van der Waals surface area contributed by atoms with Crippen LogP contribution >= 0.6 is 0 Å². The molecule has 1 aliphatic carbocycles. The second-order valence-corrected chi connectivity index (χ2v) is 9.21. The van der Waals surface area contributed by atoms with Gasteiger partial charge in [-0.1, -0.05) is 65.8 Å². The smallest absolute Gasteiger partial charge is 0.389 e. The van der Waals surface area contributed by atoms with E-state index in [1.807, 2.05) is 0 Å². The molecule has 1 aliphatic rings. The highest BCUT2D eigenvalue weighted by Crippen LogP contribution is 2.55. The van der Waals surface area contributed by atoms with E-state index in [2.05, 4.69) is 5.16 Å². The van der Waals surface area contributed by atoms with Crippen LogP contribution in [0.5, 0.6) is 0 Å². The minimum Gasteiger partial charge on any atom is -0.410 e. The van der Waals surface area contributed by atoms with Gasteiger partial charge in [0, 0.05) is 29.4 Å². The fourth-order valence-electron chi connectivity index (χ4n) is 5.17. The summed E-state index contributed by atoms with van der Waals surface area (Å²) < 4.78 is 80.2. The third-order valence-corrected chi connectivity index (χ3v) is 6.92. The number of nitrogens with zero attached hydrogens (tertiary/aromatic N) is 1. The van der Waals surface area contributed by atoms with Gasteiger partial charge in [-0.05, 0) is 53.6 Å². The van der Waals surface area contributed by atoms with Crippen molar-refractivity contribution in [1.29, 1.82) is 0 Å². The standard InChI is InChI=1S/C28H23F6NO2/c1-17-6-2-3-7-19(17)24(35-37)25(36)18-10-11-21-20-8-4-5-9-22(20)26(23(21)16-18,12-14-27(29,30)31)13-15-28(32,33)34/h2-11,16,37H,12-15H2,1H3/b35-24+. The molecule has 0 atom stereocenters. The van der Waals surface area contributed by atoms with Crippen molar-refractivity contribution in [2.24, 2.45) is 5.16 Å². The van der Waals surface area contributed by atoms with Crippen LogP contribution in [0, 0.1) is 6.92 Å². The lowest BCUT2D eigenvalue weighted by atomic mass is 9.70. The zero-order chi connectivity index (χ0) is 27.0. The van der Waals surface area contributed by atoms with Gasteiger partial charge in [-0.2, -0.15) is 26.3 Å². The summed E-state index contributed by atoms with van der Waals surface area (Å²) in [5.41, 5.74) is 0.766. The van der Waals surface area contributed by atoms with Crippen LogP contribution in [-0.2, 0) is 5.41 Å². The van der Waals surface area contributed by atoms with E-state index in [1.165, 1.54) is 18.2 Å². The maximum Gasteiger partial charge on any atom is 0.389 e. The second-order valence-electron chi connectivity index (χ2n) is 9.21. The molecular weight excluding hydrogens is 496 g/mol. The van der Waals surface area contributed by atoms with E-state index in [9.17, 15) is 36.3 Å². The molecule has 1 N–H and O–H groups in total. The largest absolute Gasteiger partial charge is 0.410 e. The first-order valence-corrected chi connectivity index (χ1v) is 11.6. The fraction of sp³-hybridized carbons (Fsp3) is 0.286. The highest BCUT2D eigenvalue weighted by Gasteiger charge is 2.47. The molecule has 9 heteroatoms. The number of benzene rings is 3. The van der Waals surface area contributed by atoms with E-state index >= 15 is 0 Å². The Hall–Kier alpha value is -3.62. The van der Waals surface area contributed by atoms with Crippen LogP contribution in [0.2, 0.25) is 0 Å². The molecule has 0 amide bonds. The predicted molar refractivity (Wildman–Crippen MR) is 127 cm³/mol. The molecule has 0 saturated carbocycles. The lowest BCUT2D eigenvalue weighted by Crippen LogP contribution is -2.30. The van der Waals surface area contributed by atoms with Crippen LogP contribution in [0.1, 0.15) is 58.3 Å². The zero-order valence-electron chi connectivity index (χ0n) is 19.7. The Labute approximate surface area is 209 Å². The molecule has 0 spiro atoms. The van der Waals surface area contributed by atoms with Gasteiger partial charge in [0.15, 0.2) is 5.71 Å². The van der Waals surface area contributed by atoms with E-state index in [4.69, 9.17) is 0 Å². The Balaban J connectivity index is 1.87. The Kier molecular flexibility index (Phi) is 6.92. The normalized spacial score (nSPS) is 14.8. The molecule has 3 aromatic carbocycles. The summed E-state index contributed by atoms with van der Waals surface area (Å²) in [6, 6.07) is 17.5. The summed E-state index contributed by atoms with van der Waals surface area (Å²) >= 11 is 0. The summed E-state index contributed by atoms with van der Waals surface area (Å²) in [6.45, 7) is 1.71. The number of oxime groups is 1. The molecule has 0 saturated heterocycles. The van der Waals surface area contributed by atoms with E-state index < -0.39 is 49.2 Å². The van der Waals surface area contributed by atoms with Crippen LogP contribution in [-0.4, -0.2) is 29.1 Å². The Morgan fingerprint density at radius 2 is 1.38 bits per heavy atom. The predicted octanol–water partition coefficient (Wildman–Crippen LogP) is 8.01. The molecule has 0 radical (unpaired) electrons. The highest BCUT2D eigenvalue weighted by molar-refractivity contribution is 6.51.